The molecule has 0 aliphatic carbocycles. The Balaban J connectivity index is 1.57. The molecule has 0 bridgehead atoms. The number of aliphatic hydroxyl groups excluding tert-OH is 1. The quantitative estimate of drug-likeness (QED) is 0.843. The molecule has 1 N–H and O–H groups in total. The van der Waals surface area contributed by atoms with Crippen LogP contribution in [0.5, 0.6) is 0 Å². The van der Waals surface area contributed by atoms with Gasteiger partial charge in [0.05, 0.1) is 10.7 Å². The number of nitrogens with zero attached hydrogens (tertiary/aromatic N) is 2. The standard InChI is InChI=1S/C17H20N2O2S2/c1-12-18-15(10-22-12)11-23-16-4-2-14(3-5-16)17(21)19-7-6-13(8-19)9-20/h2-5,10,13,20H,6-9,11H2,1H3. The molecule has 23 heavy (non-hydrogen) atoms. The number of carbonyl (C=O) groups excluding carboxylic acids is 1. The van der Waals surface area contributed by atoms with Crippen molar-refractivity contribution in [2.75, 3.05) is 19.7 Å². The molecule has 1 aromatic carbocycles. The van der Waals surface area contributed by atoms with Crippen molar-refractivity contribution in [2.24, 2.45) is 5.92 Å². The molecule has 1 saturated heterocycles. The van der Waals surface area contributed by atoms with Crippen molar-refractivity contribution in [3.8, 4) is 0 Å². The smallest absolute Gasteiger partial charge is 0.253 e. The number of aryl methyl sites for hydroxylation is 1. The van der Waals surface area contributed by atoms with E-state index in [1.807, 2.05) is 36.1 Å². The zero-order chi connectivity index (χ0) is 16.2. The molecular weight excluding hydrogens is 328 g/mol. The Hall–Kier alpha value is -1.37. The third-order valence-electron chi connectivity index (χ3n) is 3.99. The Morgan fingerprint density at radius 3 is 2.83 bits per heavy atom. The van der Waals surface area contributed by atoms with E-state index in [1.165, 1.54) is 0 Å². The van der Waals surface area contributed by atoms with E-state index in [2.05, 4.69) is 10.4 Å². The van der Waals surface area contributed by atoms with Crippen molar-refractivity contribution in [2.45, 2.75) is 24.0 Å². The van der Waals surface area contributed by atoms with Crippen LogP contribution in [0.25, 0.3) is 0 Å². The highest BCUT2D eigenvalue weighted by molar-refractivity contribution is 7.98. The van der Waals surface area contributed by atoms with Gasteiger partial charge in [0.15, 0.2) is 0 Å². The summed E-state index contributed by atoms with van der Waals surface area (Å²) in [5.74, 6) is 1.14. The normalized spacial score (nSPS) is 17.7. The van der Waals surface area contributed by atoms with E-state index in [9.17, 15) is 9.90 Å². The van der Waals surface area contributed by atoms with Gasteiger partial charge < -0.3 is 10.0 Å². The number of amides is 1. The van der Waals surface area contributed by atoms with Gasteiger partial charge in [-0.25, -0.2) is 4.98 Å². The Labute approximate surface area is 144 Å². The number of thiazole rings is 1. The Kier molecular flexibility index (Phi) is 5.35. The Bertz CT molecular complexity index is 669. The number of aromatic nitrogens is 1. The maximum absolute atomic E-state index is 12.4. The zero-order valence-electron chi connectivity index (χ0n) is 13.1. The Morgan fingerprint density at radius 2 is 2.22 bits per heavy atom. The second kappa shape index (κ2) is 7.47. The predicted molar refractivity (Wildman–Crippen MR) is 94.0 cm³/mol. The molecule has 2 heterocycles. The summed E-state index contributed by atoms with van der Waals surface area (Å²) < 4.78 is 0. The molecule has 1 atom stereocenters. The third kappa shape index (κ3) is 4.13. The maximum atomic E-state index is 12.4. The highest BCUT2D eigenvalue weighted by Gasteiger charge is 2.26. The average Bonchev–Trinajstić information content (AvgIpc) is 3.21. The number of thioether (sulfide) groups is 1. The fraction of sp³-hybridized carbons (Fsp3) is 0.412. The maximum Gasteiger partial charge on any atom is 0.253 e. The minimum Gasteiger partial charge on any atom is -0.396 e. The van der Waals surface area contributed by atoms with Gasteiger partial charge in [-0.2, -0.15) is 0 Å². The molecule has 6 heteroatoms. The molecule has 0 spiro atoms. The number of rotatable bonds is 5. The number of benzene rings is 1. The van der Waals surface area contributed by atoms with Crippen LogP contribution >= 0.6 is 23.1 Å². The summed E-state index contributed by atoms with van der Waals surface area (Å²) in [5, 5.41) is 12.4. The summed E-state index contributed by atoms with van der Waals surface area (Å²) in [6.07, 6.45) is 0.892. The molecule has 1 amide bonds. The van der Waals surface area contributed by atoms with Gasteiger partial charge >= 0.3 is 0 Å². The number of aliphatic hydroxyl groups is 1. The first-order chi connectivity index (χ1) is 11.2. The molecular formula is C17H20N2O2S2. The molecule has 122 valence electrons. The van der Waals surface area contributed by atoms with Crippen LogP contribution in [0.4, 0.5) is 0 Å². The minimum atomic E-state index is 0.0626. The van der Waals surface area contributed by atoms with Gasteiger partial charge in [-0.05, 0) is 37.6 Å². The molecule has 1 fully saturated rings. The number of hydrogen-bond donors (Lipinski definition) is 1. The first-order valence-corrected chi connectivity index (χ1v) is 9.56. The lowest BCUT2D eigenvalue weighted by molar-refractivity contribution is 0.0782. The van der Waals surface area contributed by atoms with E-state index in [-0.39, 0.29) is 18.4 Å². The van der Waals surface area contributed by atoms with E-state index in [4.69, 9.17) is 0 Å². The summed E-state index contributed by atoms with van der Waals surface area (Å²) in [7, 11) is 0. The van der Waals surface area contributed by atoms with Crippen LogP contribution in [0.1, 0.15) is 27.5 Å². The van der Waals surface area contributed by atoms with Crippen LogP contribution in [-0.2, 0) is 5.75 Å². The molecule has 1 aliphatic heterocycles. The lowest BCUT2D eigenvalue weighted by atomic mass is 10.1. The van der Waals surface area contributed by atoms with Crippen molar-refractivity contribution in [1.82, 2.24) is 9.88 Å². The van der Waals surface area contributed by atoms with Crippen LogP contribution < -0.4 is 0 Å². The zero-order valence-corrected chi connectivity index (χ0v) is 14.7. The summed E-state index contributed by atoms with van der Waals surface area (Å²) in [5.41, 5.74) is 1.82. The molecule has 0 saturated carbocycles. The highest BCUT2D eigenvalue weighted by atomic mass is 32.2. The fourth-order valence-electron chi connectivity index (χ4n) is 2.67. The van der Waals surface area contributed by atoms with Gasteiger partial charge in [-0.3, -0.25) is 4.79 Å². The van der Waals surface area contributed by atoms with Crippen LogP contribution in [0.3, 0.4) is 0 Å². The summed E-state index contributed by atoms with van der Waals surface area (Å²) in [6.45, 7) is 3.58. The fourth-order valence-corrected chi connectivity index (χ4v) is 4.18. The molecule has 1 unspecified atom stereocenters. The summed E-state index contributed by atoms with van der Waals surface area (Å²) in [4.78, 5) is 19.9. The van der Waals surface area contributed by atoms with Crippen molar-refractivity contribution >= 4 is 29.0 Å². The lowest BCUT2D eigenvalue weighted by Crippen LogP contribution is -2.29. The lowest BCUT2D eigenvalue weighted by Gasteiger charge is -2.16. The van der Waals surface area contributed by atoms with Crippen LogP contribution in [0.2, 0.25) is 0 Å². The first kappa shape index (κ1) is 16.5. The largest absolute Gasteiger partial charge is 0.396 e. The van der Waals surface area contributed by atoms with Crippen LogP contribution in [0, 0.1) is 12.8 Å². The molecule has 2 aromatic rings. The molecule has 1 aromatic heterocycles. The van der Waals surface area contributed by atoms with Gasteiger partial charge in [0.1, 0.15) is 0 Å². The predicted octanol–water partition coefficient (Wildman–Crippen LogP) is 3.20. The Morgan fingerprint density at radius 1 is 1.43 bits per heavy atom. The van der Waals surface area contributed by atoms with Gasteiger partial charge in [-0.15, -0.1) is 23.1 Å². The molecule has 4 nitrogen and oxygen atoms in total. The summed E-state index contributed by atoms with van der Waals surface area (Å²) >= 11 is 3.40. The van der Waals surface area contributed by atoms with Gasteiger partial charge in [0.2, 0.25) is 0 Å². The van der Waals surface area contributed by atoms with Gasteiger partial charge in [0.25, 0.3) is 5.91 Å². The van der Waals surface area contributed by atoms with Crippen molar-refractivity contribution in [1.29, 1.82) is 0 Å². The minimum absolute atomic E-state index is 0.0626. The second-order valence-corrected chi connectivity index (χ2v) is 7.87. The number of hydrogen-bond acceptors (Lipinski definition) is 5. The molecule has 3 rings (SSSR count). The van der Waals surface area contributed by atoms with Crippen molar-refractivity contribution < 1.29 is 9.90 Å². The van der Waals surface area contributed by atoms with Crippen molar-refractivity contribution in [3.63, 3.8) is 0 Å². The molecule has 1 aliphatic rings. The third-order valence-corrected chi connectivity index (χ3v) is 5.85. The topological polar surface area (TPSA) is 53.4 Å². The van der Waals surface area contributed by atoms with E-state index < -0.39 is 0 Å². The van der Waals surface area contributed by atoms with E-state index in [1.54, 1.807) is 23.1 Å². The van der Waals surface area contributed by atoms with Crippen LogP contribution in [-0.4, -0.2) is 40.6 Å². The SMILES string of the molecule is Cc1nc(CSc2ccc(C(=O)N3CCC(CO)C3)cc2)cs1. The average molecular weight is 348 g/mol. The number of likely N-dealkylation sites (tertiary alicyclic amines) is 1. The summed E-state index contributed by atoms with van der Waals surface area (Å²) in [6, 6.07) is 7.78. The first-order valence-electron chi connectivity index (χ1n) is 7.69. The van der Waals surface area contributed by atoms with Crippen molar-refractivity contribution in [3.05, 3.63) is 45.9 Å². The molecule has 0 radical (unpaired) electrons. The monoisotopic (exact) mass is 348 g/mol. The van der Waals surface area contributed by atoms with Gasteiger partial charge in [-0.1, -0.05) is 0 Å². The second-order valence-electron chi connectivity index (χ2n) is 5.76. The van der Waals surface area contributed by atoms with E-state index >= 15 is 0 Å². The van der Waals surface area contributed by atoms with Gasteiger partial charge in [0, 0.05) is 47.2 Å². The van der Waals surface area contributed by atoms with Crippen LogP contribution in [0.15, 0.2) is 34.5 Å². The van der Waals surface area contributed by atoms with E-state index in [0.29, 0.717) is 6.54 Å². The van der Waals surface area contributed by atoms with E-state index in [0.717, 1.165) is 39.9 Å². The highest BCUT2D eigenvalue weighted by Crippen LogP contribution is 2.25. The number of carbonyl (C=O) groups is 1.